The molecule has 0 spiro atoms. The van der Waals surface area contributed by atoms with Gasteiger partial charge in [-0.25, -0.2) is 8.42 Å². The number of anilines is 2. The zero-order valence-corrected chi connectivity index (χ0v) is 16.5. The summed E-state index contributed by atoms with van der Waals surface area (Å²) in [5, 5.41) is 6.52. The zero-order chi connectivity index (χ0) is 20.3. The van der Waals surface area contributed by atoms with Crippen molar-refractivity contribution >= 4 is 27.3 Å². The molecule has 0 aliphatic heterocycles. The first-order valence-corrected chi connectivity index (χ1v) is 10.1. The van der Waals surface area contributed by atoms with E-state index in [0.29, 0.717) is 40.6 Å². The first-order valence-electron chi connectivity index (χ1n) is 8.62. The Morgan fingerprint density at radius 3 is 2.39 bits per heavy atom. The molecule has 3 aromatic rings. The Morgan fingerprint density at radius 1 is 1.11 bits per heavy atom. The summed E-state index contributed by atoms with van der Waals surface area (Å²) in [4.78, 5) is 15.4. The van der Waals surface area contributed by atoms with Crippen molar-refractivity contribution in [1.82, 2.24) is 10.1 Å². The summed E-state index contributed by atoms with van der Waals surface area (Å²) in [5.74, 6) is 0.624. The molecule has 9 heteroatoms. The van der Waals surface area contributed by atoms with Crippen LogP contribution in [0.5, 0.6) is 0 Å². The lowest BCUT2D eigenvalue weighted by Crippen LogP contribution is -2.14. The van der Waals surface area contributed by atoms with Crippen LogP contribution in [0.2, 0.25) is 0 Å². The topological polar surface area (TPSA) is 114 Å². The molecule has 146 valence electrons. The molecule has 0 radical (unpaired) electrons. The molecule has 0 aliphatic rings. The number of nitrogens with one attached hydrogen (secondary N) is 2. The van der Waals surface area contributed by atoms with Gasteiger partial charge in [0.15, 0.2) is 0 Å². The maximum Gasteiger partial charge on any atom is 0.262 e. The van der Waals surface area contributed by atoms with Gasteiger partial charge < -0.3 is 9.84 Å². The third-order valence-corrected chi connectivity index (χ3v) is 5.49. The maximum absolute atomic E-state index is 12.9. The van der Waals surface area contributed by atoms with Gasteiger partial charge in [-0.2, -0.15) is 4.98 Å². The minimum Gasteiger partial charge on any atom is -0.339 e. The number of carbonyl (C=O) groups is 1. The molecule has 0 bridgehead atoms. The number of carbonyl (C=O) groups excluding carboxylic acids is 1. The highest BCUT2D eigenvalue weighted by atomic mass is 32.2. The molecular formula is C19H20N4O4S. The van der Waals surface area contributed by atoms with Crippen molar-refractivity contribution < 1.29 is 17.7 Å². The van der Waals surface area contributed by atoms with Crippen LogP contribution in [-0.2, 0) is 21.2 Å². The van der Waals surface area contributed by atoms with Gasteiger partial charge in [-0.3, -0.25) is 9.52 Å². The molecule has 0 aliphatic carbocycles. The van der Waals surface area contributed by atoms with E-state index >= 15 is 0 Å². The summed E-state index contributed by atoms with van der Waals surface area (Å²) in [6.07, 6.45) is 0.597. The van der Waals surface area contributed by atoms with E-state index in [1.807, 2.05) is 6.92 Å². The molecule has 2 aromatic carbocycles. The normalized spacial score (nSPS) is 11.2. The molecule has 1 amide bonds. The Kier molecular flexibility index (Phi) is 5.46. The van der Waals surface area contributed by atoms with Gasteiger partial charge >= 0.3 is 0 Å². The van der Waals surface area contributed by atoms with E-state index in [0.717, 1.165) is 0 Å². The summed E-state index contributed by atoms with van der Waals surface area (Å²) in [6.45, 7) is 5.01. The maximum atomic E-state index is 12.9. The third-order valence-electron chi connectivity index (χ3n) is 3.96. The number of rotatable bonds is 6. The van der Waals surface area contributed by atoms with Crippen LogP contribution in [0.1, 0.15) is 25.3 Å². The van der Waals surface area contributed by atoms with Gasteiger partial charge in [-0.05, 0) is 42.8 Å². The fourth-order valence-corrected chi connectivity index (χ4v) is 3.91. The number of nitrogens with zero attached hydrogens (tertiary/aromatic N) is 2. The summed E-state index contributed by atoms with van der Waals surface area (Å²) >= 11 is 0. The number of aryl methyl sites for hydroxylation is 2. The Bertz CT molecular complexity index is 1110. The first kappa shape index (κ1) is 19.6. The van der Waals surface area contributed by atoms with Gasteiger partial charge in [0.25, 0.3) is 10.0 Å². The van der Waals surface area contributed by atoms with Crippen molar-refractivity contribution in [2.75, 3.05) is 10.0 Å². The van der Waals surface area contributed by atoms with Crippen LogP contribution in [0.3, 0.4) is 0 Å². The van der Waals surface area contributed by atoms with Crippen molar-refractivity contribution in [3.05, 3.63) is 53.9 Å². The van der Waals surface area contributed by atoms with Crippen molar-refractivity contribution in [3.63, 3.8) is 0 Å². The van der Waals surface area contributed by atoms with E-state index in [1.54, 1.807) is 43.3 Å². The van der Waals surface area contributed by atoms with Crippen LogP contribution in [0, 0.1) is 6.92 Å². The smallest absolute Gasteiger partial charge is 0.262 e. The fraction of sp³-hybridized carbons (Fsp3) is 0.211. The molecule has 8 nitrogen and oxygen atoms in total. The highest BCUT2D eigenvalue weighted by Crippen LogP contribution is 2.25. The van der Waals surface area contributed by atoms with Crippen LogP contribution in [0.25, 0.3) is 11.4 Å². The molecule has 0 saturated heterocycles. The Balaban J connectivity index is 1.88. The van der Waals surface area contributed by atoms with E-state index in [4.69, 9.17) is 4.52 Å². The van der Waals surface area contributed by atoms with Gasteiger partial charge in [-0.15, -0.1) is 0 Å². The molecule has 1 aromatic heterocycles. The second kappa shape index (κ2) is 7.81. The molecule has 0 atom stereocenters. The van der Waals surface area contributed by atoms with Crippen molar-refractivity contribution in [2.45, 2.75) is 32.1 Å². The Hall–Kier alpha value is -3.20. The summed E-state index contributed by atoms with van der Waals surface area (Å²) < 4.78 is 33.4. The number of hydrogen-bond acceptors (Lipinski definition) is 6. The SMILES string of the molecule is CCc1nc(-c2ccc(C)c(S(=O)(=O)Nc3ccc(NC(C)=O)cc3)c2)no1. The predicted octanol–water partition coefficient (Wildman–Crippen LogP) is 3.37. The lowest BCUT2D eigenvalue weighted by molar-refractivity contribution is -0.114. The fourth-order valence-electron chi connectivity index (χ4n) is 2.58. The van der Waals surface area contributed by atoms with E-state index in [2.05, 4.69) is 20.2 Å². The minimum atomic E-state index is -3.83. The molecule has 28 heavy (non-hydrogen) atoms. The molecule has 3 rings (SSSR count). The van der Waals surface area contributed by atoms with Gasteiger partial charge in [0.2, 0.25) is 17.6 Å². The number of amides is 1. The van der Waals surface area contributed by atoms with E-state index in [1.165, 1.54) is 13.0 Å². The first-order chi connectivity index (χ1) is 13.3. The average Bonchev–Trinajstić information content (AvgIpc) is 3.12. The average molecular weight is 400 g/mol. The van der Waals surface area contributed by atoms with Crippen LogP contribution >= 0.6 is 0 Å². The highest BCUT2D eigenvalue weighted by molar-refractivity contribution is 7.92. The van der Waals surface area contributed by atoms with Crippen LogP contribution in [-0.4, -0.2) is 24.5 Å². The van der Waals surface area contributed by atoms with Crippen molar-refractivity contribution in [2.24, 2.45) is 0 Å². The minimum absolute atomic E-state index is 0.124. The Morgan fingerprint density at radius 2 is 1.79 bits per heavy atom. The largest absolute Gasteiger partial charge is 0.339 e. The lowest BCUT2D eigenvalue weighted by atomic mass is 10.1. The van der Waals surface area contributed by atoms with Crippen LogP contribution in [0.15, 0.2) is 51.9 Å². The molecule has 1 heterocycles. The second-order valence-corrected chi connectivity index (χ2v) is 7.86. The monoisotopic (exact) mass is 400 g/mol. The number of hydrogen-bond donors (Lipinski definition) is 2. The predicted molar refractivity (Wildman–Crippen MR) is 105 cm³/mol. The number of aromatic nitrogens is 2. The van der Waals surface area contributed by atoms with Crippen LogP contribution < -0.4 is 10.0 Å². The van der Waals surface area contributed by atoms with E-state index < -0.39 is 10.0 Å². The highest BCUT2D eigenvalue weighted by Gasteiger charge is 2.19. The number of benzene rings is 2. The third kappa shape index (κ3) is 4.37. The van der Waals surface area contributed by atoms with Gasteiger partial charge in [0, 0.05) is 30.3 Å². The Labute approximate surface area is 163 Å². The summed E-state index contributed by atoms with van der Waals surface area (Å²) in [6, 6.07) is 11.4. The van der Waals surface area contributed by atoms with Gasteiger partial charge in [-0.1, -0.05) is 24.2 Å². The van der Waals surface area contributed by atoms with E-state index in [-0.39, 0.29) is 10.8 Å². The molecule has 0 saturated carbocycles. The zero-order valence-electron chi connectivity index (χ0n) is 15.7. The molecular weight excluding hydrogens is 380 g/mol. The summed E-state index contributed by atoms with van der Waals surface area (Å²) in [5.41, 5.74) is 2.10. The lowest BCUT2D eigenvalue weighted by Gasteiger charge is -2.12. The van der Waals surface area contributed by atoms with Crippen molar-refractivity contribution in [3.8, 4) is 11.4 Å². The number of sulfonamides is 1. The standard InChI is InChI=1S/C19H20N4O4S/c1-4-18-21-19(22-27-18)14-6-5-12(2)17(11-14)28(25,26)23-16-9-7-15(8-10-16)20-13(3)24/h5-11,23H,4H2,1-3H3,(H,20,24). The van der Waals surface area contributed by atoms with E-state index in [9.17, 15) is 13.2 Å². The van der Waals surface area contributed by atoms with Gasteiger partial charge in [0.1, 0.15) is 0 Å². The summed E-state index contributed by atoms with van der Waals surface area (Å²) in [7, 11) is -3.83. The second-order valence-electron chi connectivity index (χ2n) is 6.21. The molecule has 0 fully saturated rings. The van der Waals surface area contributed by atoms with Crippen LogP contribution in [0.4, 0.5) is 11.4 Å². The molecule has 2 N–H and O–H groups in total. The van der Waals surface area contributed by atoms with Crippen molar-refractivity contribution in [1.29, 1.82) is 0 Å². The quantitative estimate of drug-likeness (QED) is 0.656. The van der Waals surface area contributed by atoms with Gasteiger partial charge in [0.05, 0.1) is 4.90 Å². The molecule has 0 unspecified atom stereocenters.